The number of methoxy groups -OCH3 is 1. The summed E-state index contributed by atoms with van der Waals surface area (Å²) in [4.78, 5) is 19.6. The number of thioether (sulfide) groups is 1. The van der Waals surface area contributed by atoms with Crippen molar-refractivity contribution in [3.05, 3.63) is 50.9 Å². The van der Waals surface area contributed by atoms with Crippen LogP contribution in [0.15, 0.2) is 27.9 Å². The van der Waals surface area contributed by atoms with Gasteiger partial charge in [0, 0.05) is 53.4 Å². The average Bonchev–Trinajstić information content (AvgIpc) is 3.29. The minimum atomic E-state index is -4.93. The van der Waals surface area contributed by atoms with Crippen molar-refractivity contribution >= 4 is 40.1 Å². The monoisotopic (exact) mass is 588 g/mol. The summed E-state index contributed by atoms with van der Waals surface area (Å²) in [6.45, 7) is 1.70. The first-order valence-electron chi connectivity index (χ1n) is 12.2. The van der Waals surface area contributed by atoms with Gasteiger partial charge in [0.05, 0.1) is 54.0 Å². The summed E-state index contributed by atoms with van der Waals surface area (Å²) in [5.74, 6) is -2.01. The van der Waals surface area contributed by atoms with E-state index < -0.39 is 51.3 Å². The van der Waals surface area contributed by atoms with Crippen molar-refractivity contribution < 1.29 is 31.4 Å². The van der Waals surface area contributed by atoms with E-state index in [-0.39, 0.29) is 46.0 Å². The van der Waals surface area contributed by atoms with Gasteiger partial charge in [-0.15, -0.1) is 11.8 Å². The fourth-order valence-corrected chi connectivity index (χ4v) is 7.03. The molecule has 0 spiro atoms. The van der Waals surface area contributed by atoms with Crippen LogP contribution in [-0.4, -0.2) is 66.9 Å². The molecule has 0 saturated carbocycles. The van der Waals surface area contributed by atoms with Gasteiger partial charge in [-0.1, -0.05) is 11.6 Å². The molecule has 1 aromatic heterocycles. The van der Waals surface area contributed by atoms with Gasteiger partial charge in [0.1, 0.15) is 17.5 Å². The quantitative estimate of drug-likeness (QED) is 0.361. The number of fused-ring (bicyclic) bond motifs is 1. The summed E-state index contributed by atoms with van der Waals surface area (Å²) in [5.41, 5.74) is -2.65. The molecule has 3 aliphatic heterocycles. The summed E-state index contributed by atoms with van der Waals surface area (Å²) < 4.78 is 85.7. The molecule has 2 aromatic carbocycles. The van der Waals surface area contributed by atoms with E-state index in [9.17, 15) is 22.4 Å². The molecule has 2 saturated heterocycles. The van der Waals surface area contributed by atoms with Crippen LogP contribution in [0.25, 0.3) is 22.0 Å². The van der Waals surface area contributed by atoms with Crippen molar-refractivity contribution in [1.82, 2.24) is 14.9 Å². The second-order valence-corrected chi connectivity index (χ2v) is 11.1. The molecule has 7 nitrogen and oxygen atoms in total. The third-order valence-electron chi connectivity index (χ3n) is 7.40. The fraction of sp³-hybridized carbons (Fsp3) is 0.440. The number of rotatable bonds is 3. The van der Waals surface area contributed by atoms with Crippen molar-refractivity contribution in [1.29, 1.82) is 0 Å². The van der Waals surface area contributed by atoms with Crippen LogP contribution in [0.1, 0.15) is 5.56 Å². The van der Waals surface area contributed by atoms with Crippen LogP contribution in [-0.2, 0) is 22.2 Å². The highest BCUT2D eigenvalue weighted by atomic mass is 35.5. The molecule has 39 heavy (non-hydrogen) atoms. The zero-order valence-electron chi connectivity index (χ0n) is 20.4. The number of aromatic nitrogens is 2. The summed E-state index contributed by atoms with van der Waals surface area (Å²) in [6.07, 6.45) is -5.46. The maximum Gasteiger partial charge on any atom is 0.417 e. The maximum atomic E-state index is 15.2. The van der Waals surface area contributed by atoms with Crippen molar-refractivity contribution in [2.45, 2.75) is 35.8 Å². The van der Waals surface area contributed by atoms with Gasteiger partial charge in [-0.25, -0.2) is 13.6 Å². The molecule has 4 heterocycles. The van der Waals surface area contributed by atoms with Crippen LogP contribution >= 0.6 is 23.4 Å². The van der Waals surface area contributed by atoms with E-state index in [4.69, 9.17) is 21.1 Å². The summed E-state index contributed by atoms with van der Waals surface area (Å²) >= 11 is 6.92. The van der Waals surface area contributed by atoms with E-state index in [1.54, 1.807) is 0 Å². The van der Waals surface area contributed by atoms with Gasteiger partial charge in [0.15, 0.2) is 0 Å². The SMILES string of the molecule is CO[C@@H]1CSc2c(-c3cc(Cl)c(F)cc3F)c(C(F)(F)F)cc3c(N4CCNC5COCC54)nc(=O)n(c23)C1. The van der Waals surface area contributed by atoms with Gasteiger partial charge in [0.2, 0.25) is 0 Å². The Bertz CT molecular complexity index is 1530. The summed E-state index contributed by atoms with van der Waals surface area (Å²) in [5, 5.41) is 2.91. The predicted octanol–water partition coefficient (Wildman–Crippen LogP) is 4.31. The van der Waals surface area contributed by atoms with E-state index in [2.05, 4.69) is 10.3 Å². The fourth-order valence-electron chi connectivity index (χ4n) is 5.55. The zero-order valence-corrected chi connectivity index (χ0v) is 22.0. The molecule has 2 unspecified atom stereocenters. The molecule has 0 bridgehead atoms. The Hall–Kier alpha value is -2.45. The molecular formula is C25H22ClF5N4O3S. The normalized spacial score (nSPS) is 23.3. The minimum Gasteiger partial charge on any atom is -0.379 e. The van der Waals surface area contributed by atoms with Crippen LogP contribution in [0.2, 0.25) is 5.02 Å². The Morgan fingerprint density at radius 1 is 1.21 bits per heavy atom. The third-order valence-corrected chi connectivity index (χ3v) is 8.91. The molecular weight excluding hydrogens is 567 g/mol. The van der Waals surface area contributed by atoms with E-state index >= 15 is 4.39 Å². The van der Waals surface area contributed by atoms with Crippen LogP contribution in [0.5, 0.6) is 0 Å². The van der Waals surface area contributed by atoms with E-state index in [0.29, 0.717) is 32.4 Å². The highest BCUT2D eigenvalue weighted by Gasteiger charge is 2.41. The van der Waals surface area contributed by atoms with Crippen molar-refractivity contribution in [3.8, 4) is 11.1 Å². The second-order valence-electron chi connectivity index (χ2n) is 9.62. The van der Waals surface area contributed by atoms with Crippen LogP contribution in [0.4, 0.5) is 27.8 Å². The lowest BCUT2D eigenvalue weighted by Crippen LogP contribution is -2.58. The Balaban J connectivity index is 1.73. The number of anilines is 1. The molecule has 208 valence electrons. The standard InChI is InChI=1S/C25H22ClF5N4O3S/c1-37-11-7-35-21-13(23(33-24(35)36)34-3-2-32-18-8-38-9-19(18)34)4-14(25(29,30)31)20(22(21)39-10-11)12-5-15(26)17(28)6-16(12)27/h4-6,11,18-19,32H,2-3,7-10H2,1H3/t11-,18?,19?/m0/s1. The molecule has 6 rings (SSSR count). The minimum absolute atomic E-state index is 0.0241. The molecule has 0 radical (unpaired) electrons. The summed E-state index contributed by atoms with van der Waals surface area (Å²) in [7, 11) is 1.44. The Morgan fingerprint density at radius 3 is 2.74 bits per heavy atom. The van der Waals surface area contributed by atoms with E-state index in [1.165, 1.54) is 11.7 Å². The Kier molecular flexibility index (Phi) is 6.78. The zero-order chi connectivity index (χ0) is 27.6. The highest BCUT2D eigenvalue weighted by molar-refractivity contribution is 7.99. The molecule has 0 amide bonds. The number of ether oxygens (including phenoxy) is 2. The van der Waals surface area contributed by atoms with Crippen LogP contribution in [0, 0.1) is 11.6 Å². The largest absolute Gasteiger partial charge is 0.417 e. The van der Waals surface area contributed by atoms with Crippen molar-refractivity contribution in [2.75, 3.05) is 44.1 Å². The summed E-state index contributed by atoms with van der Waals surface area (Å²) in [6, 6.07) is 1.90. The van der Waals surface area contributed by atoms with Gasteiger partial charge >= 0.3 is 11.9 Å². The van der Waals surface area contributed by atoms with Crippen molar-refractivity contribution in [3.63, 3.8) is 0 Å². The number of nitrogens with zero attached hydrogens (tertiary/aromatic N) is 3. The van der Waals surface area contributed by atoms with E-state index in [0.717, 1.165) is 23.9 Å². The van der Waals surface area contributed by atoms with Gasteiger partial charge in [-0.3, -0.25) is 4.57 Å². The number of alkyl halides is 3. The van der Waals surface area contributed by atoms with Crippen molar-refractivity contribution in [2.24, 2.45) is 0 Å². The second kappa shape index (κ2) is 9.88. The van der Waals surface area contributed by atoms with Gasteiger partial charge < -0.3 is 19.7 Å². The topological polar surface area (TPSA) is 68.6 Å². The average molecular weight is 589 g/mol. The first-order chi connectivity index (χ1) is 18.6. The highest BCUT2D eigenvalue weighted by Crippen LogP contribution is 2.49. The lowest BCUT2D eigenvalue weighted by molar-refractivity contribution is -0.137. The van der Waals surface area contributed by atoms with Gasteiger partial charge in [-0.05, 0) is 12.1 Å². The molecule has 1 N–H and O–H groups in total. The molecule has 14 heteroatoms. The molecule has 3 aromatic rings. The molecule has 3 aliphatic rings. The number of hydrogen-bond donors (Lipinski definition) is 1. The van der Waals surface area contributed by atoms with Gasteiger partial charge in [0.25, 0.3) is 0 Å². The molecule has 3 atom stereocenters. The number of hydrogen-bond acceptors (Lipinski definition) is 7. The first-order valence-corrected chi connectivity index (χ1v) is 13.5. The van der Waals surface area contributed by atoms with Gasteiger partial charge in [-0.2, -0.15) is 18.2 Å². The molecule has 0 aliphatic carbocycles. The smallest absolute Gasteiger partial charge is 0.379 e. The number of halogens is 6. The number of piperazine rings is 1. The van der Waals surface area contributed by atoms with E-state index in [1.807, 2.05) is 4.90 Å². The lowest BCUT2D eigenvalue weighted by Gasteiger charge is -2.38. The lowest BCUT2D eigenvalue weighted by atomic mass is 9.95. The van der Waals surface area contributed by atoms with Crippen LogP contribution in [0.3, 0.4) is 0 Å². The van der Waals surface area contributed by atoms with Crippen LogP contribution < -0.4 is 15.9 Å². The maximum absolute atomic E-state index is 15.2. The Morgan fingerprint density at radius 2 is 2.00 bits per heavy atom. The molecule has 2 fully saturated rings. The Labute approximate surface area is 228 Å². The predicted molar refractivity (Wildman–Crippen MR) is 137 cm³/mol. The third kappa shape index (κ3) is 4.48. The first kappa shape index (κ1) is 26.8. The number of nitrogens with one attached hydrogen (secondary N) is 1. The number of benzene rings is 2.